The van der Waals surface area contributed by atoms with Crippen LogP contribution in [0.3, 0.4) is 0 Å². The summed E-state index contributed by atoms with van der Waals surface area (Å²) in [5, 5.41) is 16.4. The standard InChI is InChI=1S/C19H26N2O4/c1-12-16-5-3-4-6-17(16)25-18(12)13(2)21-19(23)20-9-15(22)11-24-10-14-7-8-14/h3-6,13-15,22H,7-11H2,1-2H3,(H2,20,21,23). The number of benzene rings is 1. The van der Waals surface area contributed by atoms with Gasteiger partial charge in [0.05, 0.1) is 18.8 Å². The van der Waals surface area contributed by atoms with Crippen molar-refractivity contribution in [2.45, 2.75) is 38.8 Å². The number of carbonyl (C=O) groups excluding carboxylic acids is 1. The van der Waals surface area contributed by atoms with E-state index in [1.54, 1.807) is 0 Å². The van der Waals surface area contributed by atoms with Crippen LogP contribution >= 0.6 is 0 Å². The van der Waals surface area contributed by atoms with E-state index in [2.05, 4.69) is 10.6 Å². The van der Waals surface area contributed by atoms with Gasteiger partial charge in [-0.2, -0.15) is 0 Å². The SMILES string of the molecule is Cc1c(C(C)NC(=O)NCC(O)COCC2CC2)oc2ccccc12. The van der Waals surface area contributed by atoms with Crippen molar-refractivity contribution < 1.29 is 19.1 Å². The zero-order valence-corrected chi connectivity index (χ0v) is 14.7. The van der Waals surface area contributed by atoms with E-state index in [1.165, 1.54) is 12.8 Å². The minimum Gasteiger partial charge on any atom is -0.459 e. The fraction of sp³-hybridized carbons (Fsp3) is 0.526. The van der Waals surface area contributed by atoms with Gasteiger partial charge in [0, 0.05) is 24.1 Å². The Labute approximate surface area is 147 Å². The van der Waals surface area contributed by atoms with Gasteiger partial charge < -0.3 is 24.9 Å². The smallest absolute Gasteiger partial charge is 0.315 e. The number of aliphatic hydroxyl groups is 1. The van der Waals surface area contributed by atoms with Crippen LogP contribution in [0.25, 0.3) is 11.0 Å². The van der Waals surface area contributed by atoms with Crippen LogP contribution in [0.5, 0.6) is 0 Å². The maximum atomic E-state index is 12.0. The third kappa shape index (κ3) is 4.74. The fourth-order valence-corrected chi connectivity index (χ4v) is 2.84. The van der Waals surface area contributed by atoms with Gasteiger partial charge >= 0.3 is 6.03 Å². The summed E-state index contributed by atoms with van der Waals surface area (Å²) in [5.74, 6) is 1.40. The van der Waals surface area contributed by atoms with Gasteiger partial charge in [-0.25, -0.2) is 4.79 Å². The number of rotatable bonds is 8. The van der Waals surface area contributed by atoms with Gasteiger partial charge in [-0.3, -0.25) is 0 Å². The number of hydrogen-bond acceptors (Lipinski definition) is 4. The summed E-state index contributed by atoms with van der Waals surface area (Å²) in [6.45, 7) is 4.96. The zero-order valence-electron chi connectivity index (χ0n) is 14.7. The first-order chi connectivity index (χ1) is 12.0. The molecular weight excluding hydrogens is 320 g/mol. The molecule has 2 aromatic rings. The molecule has 1 heterocycles. The van der Waals surface area contributed by atoms with Crippen LogP contribution in [0, 0.1) is 12.8 Å². The van der Waals surface area contributed by atoms with E-state index in [9.17, 15) is 9.90 Å². The number of hydrogen-bond donors (Lipinski definition) is 3. The number of fused-ring (bicyclic) bond motifs is 1. The van der Waals surface area contributed by atoms with Gasteiger partial charge in [-0.15, -0.1) is 0 Å². The number of nitrogens with one attached hydrogen (secondary N) is 2. The van der Waals surface area contributed by atoms with Crippen LogP contribution in [0.2, 0.25) is 0 Å². The van der Waals surface area contributed by atoms with Crippen molar-refractivity contribution in [3.63, 3.8) is 0 Å². The molecular formula is C19H26N2O4. The Morgan fingerprint density at radius 1 is 1.40 bits per heavy atom. The average Bonchev–Trinajstić information content (AvgIpc) is 3.36. The Morgan fingerprint density at radius 2 is 2.16 bits per heavy atom. The molecule has 0 spiro atoms. The molecule has 0 aliphatic heterocycles. The highest BCUT2D eigenvalue weighted by molar-refractivity contribution is 5.82. The predicted octanol–water partition coefficient (Wildman–Crippen LogP) is 2.89. The van der Waals surface area contributed by atoms with Crippen LogP contribution < -0.4 is 10.6 Å². The number of urea groups is 1. The van der Waals surface area contributed by atoms with Crippen molar-refractivity contribution in [1.82, 2.24) is 10.6 Å². The number of amides is 2. The molecule has 0 saturated heterocycles. The highest BCUT2D eigenvalue weighted by atomic mass is 16.5. The summed E-state index contributed by atoms with van der Waals surface area (Å²) in [4.78, 5) is 12.0. The maximum absolute atomic E-state index is 12.0. The Hall–Kier alpha value is -2.05. The Balaban J connectivity index is 1.45. The molecule has 136 valence electrons. The number of aryl methyl sites for hydroxylation is 1. The second-order valence-electron chi connectivity index (χ2n) is 6.80. The predicted molar refractivity (Wildman–Crippen MR) is 95.5 cm³/mol. The zero-order chi connectivity index (χ0) is 17.8. The van der Waals surface area contributed by atoms with Crippen LogP contribution in [-0.4, -0.2) is 37.0 Å². The molecule has 0 radical (unpaired) electrons. The van der Waals surface area contributed by atoms with Gasteiger partial charge in [0.2, 0.25) is 0 Å². The molecule has 3 N–H and O–H groups in total. The molecule has 2 amide bonds. The first-order valence-electron chi connectivity index (χ1n) is 8.82. The Kier molecular flexibility index (Phi) is 5.60. The number of aliphatic hydroxyl groups excluding tert-OH is 1. The van der Waals surface area contributed by atoms with E-state index in [1.807, 2.05) is 38.1 Å². The fourth-order valence-electron chi connectivity index (χ4n) is 2.84. The summed E-state index contributed by atoms with van der Waals surface area (Å²) >= 11 is 0. The molecule has 0 bridgehead atoms. The third-order valence-electron chi connectivity index (χ3n) is 4.48. The Bertz CT molecular complexity index is 723. The summed E-state index contributed by atoms with van der Waals surface area (Å²) in [6, 6.07) is 7.20. The lowest BCUT2D eigenvalue weighted by Crippen LogP contribution is -2.41. The first-order valence-corrected chi connectivity index (χ1v) is 8.82. The largest absolute Gasteiger partial charge is 0.459 e. The van der Waals surface area contributed by atoms with Gasteiger partial charge in [0.1, 0.15) is 11.3 Å². The molecule has 6 nitrogen and oxygen atoms in total. The van der Waals surface area contributed by atoms with Gasteiger partial charge in [0.25, 0.3) is 0 Å². The van der Waals surface area contributed by atoms with Crippen LogP contribution in [0.15, 0.2) is 28.7 Å². The number of furan rings is 1. The summed E-state index contributed by atoms with van der Waals surface area (Å²) in [5.41, 5.74) is 1.84. The van der Waals surface area contributed by atoms with Crippen molar-refractivity contribution in [2.24, 2.45) is 5.92 Å². The summed E-state index contributed by atoms with van der Waals surface area (Å²) < 4.78 is 11.3. The molecule has 25 heavy (non-hydrogen) atoms. The monoisotopic (exact) mass is 346 g/mol. The minimum atomic E-state index is -0.701. The quantitative estimate of drug-likeness (QED) is 0.686. The van der Waals surface area contributed by atoms with Gasteiger partial charge in [-0.1, -0.05) is 18.2 Å². The topological polar surface area (TPSA) is 83.7 Å². The normalized spacial score (nSPS) is 16.6. The third-order valence-corrected chi connectivity index (χ3v) is 4.48. The van der Waals surface area contributed by atoms with Gasteiger partial charge in [-0.05, 0) is 38.7 Å². The molecule has 1 aliphatic carbocycles. The molecule has 1 aliphatic rings. The van der Waals surface area contributed by atoms with E-state index in [-0.39, 0.29) is 25.2 Å². The summed E-state index contributed by atoms with van der Waals surface area (Å²) in [6.07, 6.45) is 1.74. The number of carbonyl (C=O) groups is 1. The van der Waals surface area contributed by atoms with Crippen LogP contribution in [-0.2, 0) is 4.74 Å². The van der Waals surface area contributed by atoms with E-state index in [0.29, 0.717) is 12.5 Å². The lowest BCUT2D eigenvalue weighted by atomic mass is 10.1. The van der Waals surface area contributed by atoms with E-state index >= 15 is 0 Å². The van der Waals surface area contributed by atoms with Crippen LogP contribution in [0.1, 0.15) is 37.1 Å². The first kappa shape index (κ1) is 17.8. The van der Waals surface area contributed by atoms with Crippen LogP contribution in [0.4, 0.5) is 4.79 Å². The van der Waals surface area contributed by atoms with Crippen molar-refractivity contribution in [3.8, 4) is 0 Å². The molecule has 1 aromatic carbocycles. The number of para-hydroxylation sites is 1. The highest BCUT2D eigenvalue weighted by Gasteiger charge is 2.22. The van der Waals surface area contributed by atoms with E-state index in [0.717, 1.165) is 22.3 Å². The second-order valence-corrected chi connectivity index (χ2v) is 6.80. The molecule has 2 unspecified atom stereocenters. The summed E-state index contributed by atoms with van der Waals surface area (Å²) in [7, 11) is 0. The number of ether oxygens (including phenoxy) is 1. The van der Waals surface area contributed by atoms with Gasteiger partial charge in [0.15, 0.2) is 0 Å². The van der Waals surface area contributed by atoms with Crippen molar-refractivity contribution in [3.05, 3.63) is 35.6 Å². The molecule has 1 fully saturated rings. The lowest BCUT2D eigenvalue weighted by Gasteiger charge is -2.16. The maximum Gasteiger partial charge on any atom is 0.315 e. The van der Waals surface area contributed by atoms with E-state index < -0.39 is 6.10 Å². The highest BCUT2D eigenvalue weighted by Crippen LogP contribution is 2.29. The van der Waals surface area contributed by atoms with E-state index in [4.69, 9.17) is 9.15 Å². The molecule has 2 atom stereocenters. The average molecular weight is 346 g/mol. The molecule has 1 aromatic heterocycles. The Morgan fingerprint density at radius 3 is 2.88 bits per heavy atom. The molecule has 1 saturated carbocycles. The molecule has 6 heteroatoms. The lowest BCUT2D eigenvalue weighted by molar-refractivity contribution is 0.0337. The van der Waals surface area contributed by atoms with Crippen molar-refractivity contribution in [2.75, 3.05) is 19.8 Å². The minimum absolute atomic E-state index is 0.155. The molecule has 3 rings (SSSR count). The van der Waals surface area contributed by atoms with Crippen molar-refractivity contribution in [1.29, 1.82) is 0 Å². The second kappa shape index (κ2) is 7.89. The van der Waals surface area contributed by atoms with Crippen molar-refractivity contribution >= 4 is 17.0 Å².